The minimum Gasteiger partial charge on any atom is -0.161 e. The van der Waals surface area contributed by atoms with Crippen LogP contribution in [0.2, 0.25) is 0 Å². The summed E-state index contributed by atoms with van der Waals surface area (Å²) in [5, 5.41) is 0. The van der Waals surface area contributed by atoms with Crippen molar-refractivity contribution < 1.29 is 9.46 Å². The molecule has 0 aliphatic heterocycles. The second kappa shape index (κ2) is 19.8. The second-order valence-electron chi connectivity index (χ2n) is 6.81. The van der Waals surface area contributed by atoms with Crippen molar-refractivity contribution in [3.8, 4) is 0 Å². The molecule has 0 radical (unpaired) electrons. The van der Waals surface area contributed by atoms with Gasteiger partial charge in [0.25, 0.3) is 0 Å². The van der Waals surface area contributed by atoms with Crippen LogP contribution in [-0.4, -0.2) is 11.1 Å². The van der Waals surface area contributed by atoms with E-state index in [1.165, 1.54) is 96.3 Å². The van der Waals surface area contributed by atoms with Crippen LogP contribution in [0.1, 0.15) is 109 Å². The molecule has 0 heterocycles. The summed E-state index contributed by atoms with van der Waals surface area (Å²) in [5.74, 6) is 0. The van der Waals surface area contributed by atoms with E-state index in [1.54, 1.807) is 0 Å². The van der Waals surface area contributed by atoms with Crippen molar-refractivity contribution in [2.75, 3.05) is 6.16 Å². The topological polar surface area (TPSA) is 37.3 Å². The summed E-state index contributed by atoms with van der Waals surface area (Å²) < 4.78 is 10.5. The zero-order valence-corrected chi connectivity index (χ0v) is 16.2. The van der Waals surface area contributed by atoms with Crippen molar-refractivity contribution in [2.45, 2.75) is 109 Å². The fourth-order valence-electron chi connectivity index (χ4n) is 3.01. The minimum absolute atomic E-state index is 0.490. The lowest BCUT2D eigenvalue weighted by Gasteiger charge is -2.03. The van der Waals surface area contributed by atoms with E-state index >= 15 is 0 Å². The predicted octanol–water partition coefficient (Wildman–Crippen LogP) is 7.54. The Balaban J connectivity index is 2.97. The number of allylic oxidation sites excluding steroid dienone is 1. The number of unbranched alkanes of at least 4 members (excludes halogenated alkanes) is 16. The lowest BCUT2D eigenvalue weighted by Crippen LogP contribution is -1.84. The van der Waals surface area contributed by atoms with Gasteiger partial charge in [0.15, 0.2) is 6.16 Å². The normalized spacial score (nSPS) is 11.6. The predicted molar refractivity (Wildman–Crippen MR) is 103 cm³/mol. The Kier molecular flexibility index (Phi) is 19.7. The number of rotatable bonds is 19. The molecule has 0 rings (SSSR count). The van der Waals surface area contributed by atoms with Crippen molar-refractivity contribution in [3.05, 3.63) is 12.7 Å². The zero-order chi connectivity index (χ0) is 17.0. The Morgan fingerprint density at radius 2 is 0.913 bits per heavy atom. The van der Waals surface area contributed by atoms with Crippen molar-refractivity contribution in [3.63, 3.8) is 0 Å². The van der Waals surface area contributed by atoms with Gasteiger partial charge < -0.3 is 0 Å². The molecule has 2 nitrogen and oxygen atoms in total. The smallest absolute Gasteiger partial charge is 0.161 e. The van der Waals surface area contributed by atoms with Crippen LogP contribution in [0, 0.1) is 0 Å². The highest BCUT2D eigenvalue weighted by Crippen LogP contribution is 2.17. The van der Waals surface area contributed by atoms with Gasteiger partial charge in [-0.3, -0.25) is 0 Å². The molecule has 0 saturated carbocycles. The van der Waals surface area contributed by atoms with E-state index < -0.39 is 8.03 Å². The van der Waals surface area contributed by atoms with Crippen LogP contribution in [0.4, 0.5) is 0 Å². The molecule has 1 N–H and O–H groups in total. The van der Waals surface area contributed by atoms with Crippen LogP contribution in [0.5, 0.6) is 0 Å². The molecule has 0 spiro atoms. The lowest BCUT2D eigenvalue weighted by atomic mass is 10.0. The third-order valence-electron chi connectivity index (χ3n) is 4.51. The molecular weight excluding hydrogens is 303 g/mol. The maximum Gasteiger partial charge on any atom is 0.505 e. The molecule has 1 atom stereocenters. The number of hydrogen-bond donors (Lipinski definition) is 1. The van der Waals surface area contributed by atoms with Gasteiger partial charge in [0.2, 0.25) is 0 Å². The van der Waals surface area contributed by atoms with Crippen LogP contribution in [0.15, 0.2) is 12.7 Å². The SMILES string of the molecule is C=CCCCCCCCCCCCCCCCCCC[P+](=O)O. The first-order valence-corrected chi connectivity index (χ1v) is 11.4. The second-order valence-corrected chi connectivity index (χ2v) is 7.96. The van der Waals surface area contributed by atoms with Gasteiger partial charge in [0.1, 0.15) is 0 Å². The van der Waals surface area contributed by atoms with Gasteiger partial charge in [-0.15, -0.1) is 6.58 Å². The third-order valence-corrected chi connectivity index (χ3v) is 5.21. The molecule has 0 amide bonds. The molecule has 23 heavy (non-hydrogen) atoms. The highest BCUT2D eigenvalue weighted by Gasteiger charge is 2.07. The highest BCUT2D eigenvalue weighted by atomic mass is 31.1. The highest BCUT2D eigenvalue weighted by molar-refractivity contribution is 7.37. The summed E-state index contributed by atoms with van der Waals surface area (Å²) >= 11 is 0. The van der Waals surface area contributed by atoms with Crippen molar-refractivity contribution in [1.82, 2.24) is 0 Å². The fraction of sp³-hybridized carbons (Fsp3) is 0.900. The summed E-state index contributed by atoms with van der Waals surface area (Å²) in [5.41, 5.74) is 0. The van der Waals surface area contributed by atoms with E-state index in [0.29, 0.717) is 6.16 Å². The molecule has 0 aliphatic rings. The zero-order valence-electron chi connectivity index (χ0n) is 15.3. The van der Waals surface area contributed by atoms with Crippen LogP contribution >= 0.6 is 8.03 Å². The summed E-state index contributed by atoms with van der Waals surface area (Å²) in [6.45, 7) is 3.76. The van der Waals surface area contributed by atoms with Gasteiger partial charge in [-0.1, -0.05) is 89.5 Å². The van der Waals surface area contributed by atoms with E-state index in [0.717, 1.165) is 12.8 Å². The third kappa shape index (κ3) is 21.8. The largest absolute Gasteiger partial charge is 0.505 e. The molecule has 1 unspecified atom stereocenters. The Morgan fingerprint density at radius 1 is 0.609 bits per heavy atom. The molecular formula is C20H40O2P+. The Hall–Kier alpha value is -0.200. The summed E-state index contributed by atoms with van der Waals surface area (Å²) in [7, 11) is -1.90. The van der Waals surface area contributed by atoms with Crippen molar-refractivity contribution in [1.29, 1.82) is 0 Å². The van der Waals surface area contributed by atoms with E-state index in [9.17, 15) is 4.57 Å². The van der Waals surface area contributed by atoms with Crippen LogP contribution in [0.3, 0.4) is 0 Å². The number of hydrogen-bond acceptors (Lipinski definition) is 1. The Labute approximate surface area is 146 Å². The lowest BCUT2D eigenvalue weighted by molar-refractivity contribution is 0.497. The molecule has 3 heteroatoms. The molecule has 0 aromatic carbocycles. The van der Waals surface area contributed by atoms with E-state index in [-0.39, 0.29) is 0 Å². The minimum atomic E-state index is -1.90. The quantitative estimate of drug-likeness (QED) is 0.149. The molecule has 0 aromatic heterocycles. The van der Waals surface area contributed by atoms with Gasteiger partial charge >= 0.3 is 8.03 Å². The van der Waals surface area contributed by atoms with Gasteiger partial charge in [0.05, 0.1) is 0 Å². The summed E-state index contributed by atoms with van der Waals surface area (Å²) in [6, 6.07) is 0. The van der Waals surface area contributed by atoms with Crippen LogP contribution < -0.4 is 0 Å². The first-order valence-electron chi connectivity index (χ1n) is 10.0. The molecule has 0 saturated heterocycles. The van der Waals surface area contributed by atoms with Crippen molar-refractivity contribution >= 4 is 8.03 Å². The van der Waals surface area contributed by atoms with E-state index in [1.807, 2.05) is 6.08 Å². The van der Waals surface area contributed by atoms with E-state index in [2.05, 4.69) is 6.58 Å². The van der Waals surface area contributed by atoms with Crippen LogP contribution in [-0.2, 0) is 4.57 Å². The Bertz CT molecular complexity index is 266. The maximum atomic E-state index is 10.5. The molecule has 0 fully saturated rings. The monoisotopic (exact) mass is 343 g/mol. The van der Waals surface area contributed by atoms with Gasteiger partial charge in [0, 0.05) is 0 Å². The van der Waals surface area contributed by atoms with Crippen molar-refractivity contribution in [2.24, 2.45) is 0 Å². The maximum absolute atomic E-state index is 10.5. The molecule has 0 bridgehead atoms. The average molecular weight is 344 g/mol. The molecule has 136 valence electrons. The standard InChI is InChI=1S/C20H39O2P/c1-2-3-4-5-6-7-8-9-10-11-12-13-14-15-16-17-18-19-20-23(21)22/h2H,1,3-20H2/p+1. The first kappa shape index (κ1) is 22.8. The summed E-state index contributed by atoms with van der Waals surface area (Å²) in [6.07, 6.45) is 25.0. The van der Waals surface area contributed by atoms with Gasteiger partial charge in [-0.25, -0.2) is 0 Å². The fourth-order valence-corrected chi connectivity index (χ4v) is 3.50. The van der Waals surface area contributed by atoms with Crippen LogP contribution in [0.25, 0.3) is 0 Å². The Morgan fingerprint density at radius 3 is 1.22 bits per heavy atom. The summed E-state index contributed by atoms with van der Waals surface area (Å²) in [4.78, 5) is 8.69. The van der Waals surface area contributed by atoms with E-state index in [4.69, 9.17) is 4.89 Å². The molecule has 0 aliphatic carbocycles. The average Bonchev–Trinajstić information content (AvgIpc) is 2.53. The van der Waals surface area contributed by atoms with Gasteiger partial charge in [-0.05, 0) is 30.2 Å². The molecule has 0 aromatic rings. The first-order chi connectivity index (χ1) is 11.3. The van der Waals surface area contributed by atoms with Gasteiger partial charge in [-0.2, -0.15) is 4.89 Å².